The van der Waals surface area contributed by atoms with Crippen molar-refractivity contribution < 1.29 is 0 Å². The average Bonchev–Trinajstić information content (AvgIpc) is 2.63. The van der Waals surface area contributed by atoms with Gasteiger partial charge < -0.3 is 5.32 Å². The molecule has 0 amide bonds. The molecule has 2 aromatic rings. The number of halogens is 2. The van der Waals surface area contributed by atoms with Gasteiger partial charge in [-0.25, -0.2) is 4.98 Å². The molecule has 0 spiro atoms. The van der Waals surface area contributed by atoms with Crippen molar-refractivity contribution in [2.75, 3.05) is 5.32 Å². The maximum atomic E-state index is 5.80. The number of para-hydroxylation sites is 1. The third-order valence-electron chi connectivity index (χ3n) is 1.83. The Kier molecular flexibility index (Phi) is 3.82. The van der Waals surface area contributed by atoms with E-state index in [1.54, 1.807) is 6.20 Å². The van der Waals surface area contributed by atoms with Crippen LogP contribution in [-0.2, 0) is 6.54 Å². The molecule has 0 aliphatic carbocycles. The summed E-state index contributed by atoms with van der Waals surface area (Å²) in [5.41, 5.74) is 1.13. The van der Waals surface area contributed by atoms with Gasteiger partial charge in [0.15, 0.2) is 0 Å². The molecule has 2 rings (SSSR count). The molecular weight excluding hydrogens is 343 g/mol. The van der Waals surface area contributed by atoms with E-state index in [2.05, 4.69) is 45.0 Å². The van der Waals surface area contributed by atoms with E-state index in [0.29, 0.717) is 0 Å². The number of rotatable bonds is 3. The number of nitrogens with zero attached hydrogens (tertiary/aromatic N) is 1. The number of thiazole rings is 1. The van der Waals surface area contributed by atoms with E-state index in [0.717, 1.165) is 21.6 Å². The van der Waals surface area contributed by atoms with Crippen molar-refractivity contribution in [3.63, 3.8) is 0 Å². The van der Waals surface area contributed by atoms with Gasteiger partial charge in [0.25, 0.3) is 0 Å². The van der Waals surface area contributed by atoms with Crippen LogP contribution >= 0.6 is 45.5 Å². The Balaban J connectivity index is 2.02. The highest BCUT2D eigenvalue weighted by Gasteiger charge is 2.01. The van der Waals surface area contributed by atoms with Crippen LogP contribution in [0.4, 0.5) is 5.69 Å². The first-order valence-corrected chi connectivity index (χ1v) is 6.61. The molecule has 0 aliphatic heterocycles. The largest absolute Gasteiger partial charge is 0.378 e. The Bertz CT molecular complexity index is 458. The lowest BCUT2D eigenvalue weighted by atomic mass is 10.3. The Hall–Kier alpha value is -0.330. The number of hydrogen-bond donors (Lipinski definition) is 1. The highest BCUT2D eigenvalue weighted by molar-refractivity contribution is 14.1. The van der Waals surface area contributed by atoms with Crippen LogP contribution in [0.25, 0.3) is 0 Å². The van der Waals surface area contributed by atoms with Gasteiger partial charge in [0.2, 0.25) is 0 Å². The standard InChI is InChI=1S/C10H8ClIN2S/c11-9-5-14-10(15-9)6-13-8-4-2-1-3-7(8)12/h1-5,13H,6H2. The minimum atomic E-state index is 0.720. The zero-order chi connectivity index (χ0) is 10.7. The predicted octanol–water partition coefficient (Wildman–Crippen LogP) is 4.01. The second kappa shape index (κ2) is 5.14. The molecule has 0 saturated carbocycles. The molecule has 0 unspecified atom stereocenters. The smallest absolute Gasteiger partial charge is 0.113 e. The zero-order valence-electron chi connectivity index (χ0n) is 7.71. The summed E-state index contributed by atoms with van der Waals surface area (Å²) in [6.07, 6.45) is 1.68. The first-order chi connectivity index (χ1) is 7.25. The quantitative estimate of drug-likeness (QED) is 0.846. The summed E-state index contributed by atoms with van der Waals surface area (Å²) in [5.74, 6) is 0. The number of nitrogens with one attached hydrogen (secondary N) is 1. The Morgan fingerprint density at radius 1 is 1.40 bits per heavy atom. The summed E-state index contributed by atoms with van der Waals surface area (Å²) in [6.45, 7) is 0.720. The Morgan fingerprint density at radius 2 is 2.20 bits per heavy atom. The highest BCUT2D eigenvalue weighted by Crippen LogP contribution is 2.21. The molecule has 0 aliphatic rings. The van der Waals surface area contributed by atoms with Crippen LogP contribution in [0.1, 0.15) is 5.01 Å². The lowest BCUT2D eigenvalue weighted by Gasteiger charge is -2.05. The fraction of sp³-hybridized carbons (Fsp3) is 0.100. The van der Waals surface area contributed by atoms with Crippen LogP contribution in [0.5, 0.6) is 0 Å². The van der Waals surface area contributed by atoms with Crippen molar-refractivity contribution in [3.05, 3.63) is 43.4 Å². The number of aromatic nitrogens is 1. The van der Waals surface area contributed by atoms with Gasteiger partial charge in [-0.3, -0.25) is 0 Å². The van der Waals surface area contributed by atoms with Gasteiger partial charge in [-0.2, -0.15) is 0 Å². The Morgan fingerprint density at radius 3 is 2.87 bits per heavy atom. The average molecular weight is 351 g/mol. The molecule has 0 saturated heterocycles. The van der Waals surface area contributed by atoms with Crippen molar-refractivity contribution in [2.45, 2.75) is 6.54 Å². The number of anilines is 1. The van der Waals surface area contributed by atoms with E-state index in [1.165, 1.54) is 14.9 Å². The number of benzene rings is 1. The van der Waals surface area contributed by atoms with E-state index < -0.39 is 0 Å². The van der Waals surface area contributed by atoms with E-state index >= 15 is 0 Å². The van der Waals surface area contributed by atoms with Gasteiger partial charge in [-0.15, -0.1) is 11.3 Å². The van der Waals surface area contributed by atoms with E-state index in [1.807, 2.05) is 12.1 Å². The Labute approximate surface area is 111 Å². The molecule has 0 fully saturated rings. The van der Waals surface area contributed by atoms with Crippen LogP contribution in [0.15, 0.2) is 30.5 Å². The molecule has 2 nitrogen and oxygen atoms in total. The molecule has 1 heterocycles. The molecule has 5 heteroatoms. The van der Waals surface area contributed by atoms with Crippen LogP contribution in [-0.4, -0.2) is 4.98 Å². The maximum Gasteiger partial charge on any atom is 0.113 e. The first-order valence-electron chi connectivity index (χ1n) is 4.34. The molecule has 1 N–H and O–H groups in total. The maximum absolute atomic E-state index is 5.80. The minimum absolute atomic E-state index is 0.720. The normalized spacial score (nSPS) is 10.3. The minimum Gasteiger partial charge on any atom is -0.378 e. The van der Waals surface area contributed by atoms with Crippen molar-refractivity contribution in [1.29, 1.82) is 0 Å². The number of hydrogen-bond acceptors (Lipinski definition) is 3. The molecule has 1 aromatic heterocycles. The van der Waals surface area contributed by atoms with E-state index in [-0.39, 0.29) is 0 Å². The lowest BCUT2D eigenvalue weighted by Crippen LogP contribution is -1.99. The van der Waals surface area contributed by atoms with Gasteiger partial charge >= 0.3 is 0 Å². The van der Waals surface area contributed by atoms with Crippen LogP contribution < -0.4 is 5.32 Å². The fourth-order valence-corrected chi connectivity index (χ4v) is 2.62. The molecule has 1 aromatic carbocycles. The monoisotopic (exact) mass is 350 g/mol. The summed E-state index contributed by atoms with van der Waals surface area (Å²) in [5, 5.41) is 4.32. The van der Waals surface area contributed by atoms with Gasteiger partial charge in [-0.05, 0) is 34.7 Å². The van der Waals surface area contributed by atoms with Crippen LogP contribution in [0.2, 0.25) is 4.34 Å². The highest BCUT2D eigenvalue weighted by atomic mass is 127. The SMILES string of the molecule is Clc1cnc(CNc2ccccc2I)s1. The summed E-state index contributed by atoms with van der Waals surface area (Å²) < 4.78 is 1.94. The molecule has 78 valence electrons. The van der Waals surface area contributed by atoms with Gasteiger partial charge in [0, 0.05) is 9.26 Å². The predicted molar refractivity (Wildman–Crippen MR) is 73.6 cm³/mol. The van der Waals surface area contributed by atoms with Gasteiger partial charge in [0.05, 0.1) is 12.7 Å². The van der Waals surface area contributed by atoms with E-state index in [9.17, 15) is 0 Å². The van der Waals surface area contributed by atoms with Crippen molar-refractivity contribution in [2.24, 2.45) is 0 Å². The summed E-state index contributed by atoms with van der Waals surface area (Å²) in [4.78, 5) is 4.18. The third kappa shape index (κ3) is 3.06. The molecule has 0 atom stereocenters. The third-order valence-corrected chi connectivity index (χ3v) is 3.88. The van der Waals surface area contributed by atoms with Crippen molar-refractivity contribution >= 4 is 51.2 Å². The first kappa shape index (κ1) is 11.2. The molecule has 0 bridgehead atoms. The van der Waals surface area contributed by atoms with Crippen molar-refractivity contribution in [3.8, 4) is 0 Å². The van der Waals surface area contributed by atoms with Gasteiger partial charge in [0.1, 0.15) is 9.34 Å². The zero-order valence-corrected chi connectivity index (χ0v) is 11.4. The fourth-order valence-electron chi connectivity index (χ4n) is 1.15. The summed E-state index contributed by atoms with van der Waals surface area (Å²) in [7, 11) is 0. The summed E-state index contributed by atoms with van der Waals surface area (Å²) in [6, 6.07) is 8.15. The summed E-state index contributed by atoms with van der Waals surface area (Å²) >= 11 is 9.61. The topological polar surface area (TPSA) is 24.9 Å². The van der Waals surface area contributed by atoms with Crippen LogP contribution in [0.3, 0.4) is 0 Å². The van der Waals surface area contributed by atoms with E-state index in [4.69, 9.17) is 11.6 Å². The second-order valence-electron chi connectivity index (χ2n) is 2.89. The molecular formula is C10H8ClIN2S. The lowest BCUT2D eigenvalue weighted by molar-refractivity contribution is 1.10. The van der Waals surface area contributed by atoms with Crippen LogP contribution in [0, 0.1) is 3.57 Å². The van der Waals surface area contributed by atoms with Gasteiger partial charge in [-0.1, -0.05) is 23.7 Å². The second-order valence-corrected chi connectivity index (χ2v) is 5.80. The van der Waals surface area contributed by atoms with Crippen molar-refractivity contribution in [1.82, 2.24) is 4.98 Å². The molecule has 15 heavy (non-hydrogen) atoms. The molecule has 0 radical (unpaired) electrons.